The Balaban J connectivity index is 2.09. The first-order valence-corrected chi connectivity index (χ1v) is 12.0. The largest absolute Gasteiger partial charge is 0.374 e. The maximum absolute atomic E-state index is 14.7. The number of hydrogen-bond donors (Lipinski definition) is 0. The Hall–Kier alpha value is -4.12. The van der Waals surface area contributed by atoms with E-state index >= 15 is 0 Å². The molecule has 0 saturated carbocycles. The van der Waals surface area contributed by atoms with Gasteiger partial charge in [-0.05, 0) is 50.6 Å². The first kappa shape index (κ1) is 24.0. The summed E-state index contributed by atoms with van der Waals surface area (Å²) in [7, 11) is 0. The van der Waals surface area contributed by atoms with Crippen LogP contribution in [0.3, 0.4) is 0 Å². The number of carbonyl (C=O) groups is 2. The number of rotatable bonds is 7. The SMILES string of the molecule is C=C1N(c2ccccc2)C(=O)C(/C(=C/C)N(CC)CC)(c2ccccc2)C(=O)N1c1ccccc1. The summed E-state index contributed by atoms with van der Waals surface area (Å²) in [6.07, 6.45) is 1.90. The molecule has 35 heavy (non-hydrogen) atoms. The van der Waals surface area contributed by atoms with Crippen LogP contribution in [0, 0.1) is 0 Å². The molecule has 0 radical (unpaired) electrons. The van der Waals surface area contributed by atoms with Crippen LogP contribution in [-0.4, -0.2) is 29.8 Å². The fraction of sp³-hybridized carbons (Fsp3) is 0.200. The van der Waals surface area contributed by atoms with E-state index in [1.807, 2.05) is 118 Å². The Bertz CT molecular complexity index is 1170. The Labute approximate surface area is 207 Å². The van der Waals surface area contributed by atoms with Crippen molar-refractivity contribution in [2.24, 2.45) is 0 Å². The minimum absolute atomic E-state index is 0.305. The molecule has 178 valence electrons. The summed E-state index contributed by atoms with van der Waals surface area (Å²) in [5.41, 5.74) is 1.02. The highest BCUT2D eigenvalue weighted by atomic mass is 16.2. The van der Waals surface area contributed by atoms with Crippen LogP contribution in [0.25, 0.3) is 0 Å². The third-order valence-electron chi connectivity index (χ3n) is 6.56. The minimum Gasteiger partial charge on any atom is -0.374 e. The molecule has 1 saturated heterocycles. The lowest BCUT2D eigenvalue weighted by Crippen LogP contribution is -2.66. The predicted molar refractivity (Wildman–Crippen MR) is 142 cm³/mol. The van der Waals surface area contributed by atoms with Gasteiger partial charge in [0.05, 0.1) is 11.4 Å². The lowest BCUT2D eigenvalue weighted by atomic mass is 9.72. The molecule has 0 unspecified atom stereocenters. The number of likely N-dealkylation sites (N-methyl/N-ethyl adjacent to an activating group) is 1. The molecule has 0 aliphatic carbocycles. The van der Waals surface area contributed by atoms with Gasteiger partial charge in [-0.25, -0.2) is 0 Å². The average molecular weight is 466 g/mol. The van der Waals surface area contributed by atoms with Crippen molar-refractivity contribution in [3.63, 3.8) is 0 Å². The van der Waals surface area contributed by atoms with E-state index in [9.17, 15) is 9.59 Å². The molecule has 3 aromatic rings. The molecule has 4 rings (SSSR count). The summed E-state index contributed by atoms with van der Waals surface area (Å²) < 4.78 is 0. The molecule has 5 heteroatoms. The van der Waals surface area contributed by atoms with Gasteiger partial charge in [0.25, 0.3) is 11.8 Å². The van der Waals surface area contributed by atoms with Crippen LogP contribution in [0.2, 0.25) is 0 Å². The van der Waals surface area contributed by atoms with Gasteiger partial charge in [-0.3, -0.25) is 19.4 Å². The van der Waals surface area contributed by atoms with Crippen molar-refractivity contribution in [2.45, 2.75) is 26.2 Å². The Morgan fingerprint density at radius 1 is 0.771 bits per heavy atom. The summed E-state index contributed by atoms with van der Waals surface area (Å²) in [4.78, 5) is 34.7. The van der Waals surface area contributed by atoms with E-state index in [0.717, 1.165) is 0 Å². The predicted octanol–water partition coefficient (Wildman–Crippen LogP) is 5.72. The third kappa shape index (κ3) is 3.83. The van der Waals surface area contributed by atoms with Crippen molar-refractivity contribution in [1.29, 1.82) is 0 Å². The quantitative estimate of drug-likeness (QED) is 0.419. The second-order valence-electron chi connectivity index (χ2n) is 8.33. The van der Waals surface area contributed by atoms with Crippen LogP contribution in [0.5, 0.6) is 0 Å². The zero-order chi connectivity index (χ0) is 25.0. The smallest absolute Gasteiger partial charge is 0.259 e. The van der Waals surface area contributed by atoms with Crippen molar-refractivity contribution in [3.05, 3.63) is 121 Å². The fourth-order valence-corrected chi connectivity index (χ4v) is 4.95. The third-order valence-corrected chi connectivity index (χ3v) is 6.56. The van der Waals surface area contributed by atoms with Crippen LogP contribution in [0.4, 0.5) is 11.4 Å². The molecular weight excluding hydrogens is 434 g/mol. The lowest BCUT2D eigenvalue weighted by molar-refractivity contribution is -0.135. The molecule has 0 atom stereocenters. The van der Waals surface area contributed by atoms with E-state index in [1.165, 1.54) is 0 Å². The van der Waals surface area contributed by atoms with Crippen LogP contribution in [0.15, 0.2) is 115 Å². The lowest BCUT2D eigenvalue weighted by Gasteiger charge is -2.49. The molecule has 0 aromatic heterocycles. The number of benzene rings is 3. The van der Waals surface area contributed by atoms with E-state index in [0.29, 0.717) is 41.5 Å². The standard InChI is InChI=1S/C30H31N3O2/c1-5-27(31(6-2)7-3)30(24-17-11-8-12-18-24)28(34)32(25-19-13-9-14-20-25)23(4)33(29(30)35)26-21-15-10-16-22-26/h5,8-22H,4,6-7H2,1-3H3/b27-5-. The second-order valence-corrected chi connectivity index (χ2v) is 8.33. The van der Waals surface area contributed by atoms with E-state index in [1.54, 1.807) is 9.80 Å². The number of allylic oxidation sites excluding steroid dienone is 1. The van der Waals surface area contributed by atoms with Gasteiger partial charge in [-0.15, -0.1) is 0 Å². The van der Waals surface area contributed by atoms with Crippen molar-refractivity contribution >= 4 is 23.2 Å². The van der Waals surface area contributed by atoms with Gasteiger partial charge in [0, 0.05) is 18.8 Å². The van der Waals surface area contributed by atoms with Crippen LogP contribution < -0.4 is 9.80 Å². The normalized spacial score (nSPS) is 16.0. The fourth-order valence-electron chi connectivity index (χ4n) is 4.95. The van der Waals surface area contributed by atoms with Crippen LogP contribution >= 0.6 is 0 Å². The average Bonchev–Trinajstić information content (AvgIpc) is 2.90. The van der Waals surface area contributed by atoms with E-state index in [2.05, 4.69) is 11.5 Å². The zero-order valence-corrected chi connectivity index (χ0v) is 20.5. The van der Waals surface area contributed by atoms with Crippen molar-refractivity contribution in [3.8, 4) is 0 Å². The highest BCUT2D eigenvalue weighted by molar-refractivity contribution is 6.28. The first-order chi connectivity index (χ1) is 17.0. The van der Waals surface area contributed by atoms with Crippen LogP contribution in [-0.2, 0) is 15.0 Å². The van der Waals surface area contributed by atoms with E-state index < -0.39 is 5.41 Å². The highest BCUT2D eigenvalue weighted by Crippen LogP contribution is 2.45. The highest BCUT2D eigenvalue weighted by Gasteiger charge is 2.60. The molecule has 3 aromatic carbocycles. The molecule has 5 nitrogen and oxygen atoms in total. The molecule has 1 heterocycles. The molecule has 1 aliphatic rings. The first-order valence-electron chi connectivity index (χ1n) is 12.0. The zero-order valence-electron chi connectivity index (χ0n) is 20.5. The molecule has 0 spiro atoms. The molecule has 0 bridgehead atoms. The summed E-state index contributed by atoms with van der Waals surface area (Å²) in [5.74, 6) is -0.367. The molecular formula is C30H31N3O2. The van der Waals surface area contributed by atoms with E-state index in [4.69, 9.17) is 0 Å². The summed E-state index contributed by atoms with van der Waals surface area (Å²) in [5, 5.41) is 0. The topological polar surface area (TPSA) is 43.9 Å². The number of hydrogen-bond acceptors (Lipinski definition) is 3. The summed E-state index contributed by atoms with van der Waals surface area (Å²) >= 11 is 0. The molecule has 0 N–H and O–H groups in total. The monoisotopic (exact) mass is 465 g/mol. The molecule has 2 amide bonds. The van der Waals surface area contributed by atoms with Gasteiger partial charge in [-0.2, -0.15) is 0 Å². The Kier molecular flexibility index (Phi) is 6.87. The number of para-hydroxylation sites is 2. The maximum Gasteiger partial charge on any atom is 0.259 e. The number of amides is 2. The number of anilines is 2. The van der Waals surface area contributed by atoms with Gasteiger partial charge in [-0.1, -0.05) is 79.4 Å². The number of nitrogens with zero attached hydrogens (tertiary/aromatic N) is 3. The van der Waals surface area contributed by atoms with Crippen molar-refractivity contribution in [1.82, 2.24) is 4.90 Å². The van der Waals surface area contributed by atoms with Crippen LogP contribution in [0.1, 0.15) is 26.3 Å². The molecule has 1 aliphatic heterocycles. The van der Waals surface area contributed by atoms with Gasteiger partial charge in [0.2, 0.25) is 0 Å². The van der Waals surface area contributed by atoms with Gasteiger partial charge in [0.1, 0.15) is 5.82 Å². The maximum atomic E-state index is 14.7. The second kappa shape index (κ2) is 10.0. The number of carbonyl (C=O) groups excluding carboxylic acids is 2. The van der Waals surface area contributed by atoms with Crippen molar-refractivity contribution < 1.29 is 9.59 Å². The van der Waals surface area contributed by atoms with Gasteiger partial charge in [0.15, 0.2) is 5.41 Å². The Morgan fingerprint density at radius 2 is 1.17 bits per heavy atom. The minimum atomic E-state index is -1.59. The summed E-state index contributed by atoms with van der Waals surface area (Å²) in [6, 6.07) is 28.1. The Morgan fingerprint density at radius 3 is 1.54 bits per heavy atom. The van der Waals surface area contributed by atoms with Gasteiger partial charge >= 0.3 is 0 Å². The van der Waals surface area contributed by atoms with Gasteiger partial charge < -0.3 is 4.90 Å². The summed E-state index contributed by atoms with van der Waals surface area (Å²) in [6.45, 7) is 11.5. The molecule has 1 fully saturated rings. The van der Waals surface area contributed by atoms with E-state index in [-0.39, 0.29) is 11.8 Å². The van der Waals surface area contributed by atoms with Crippen molar-refractivity contribution in [2.75, 3.05) is 22.9 Å².